The lowest BCUT2D eigenvalue weighted by Crippen LogP contribution is -2.27. The molecule has 6 nitrogen and oxygen atoms in total. The van der Waals surface area contributed by atoms with Crippen LogP contribution in [0, 0.1) is 13.8 Å². The summed E-state index contributed by atoms with van der Waals surface area (Å²) in [5.74, 6) is -0.00197. The average Bonchev–Trinajstić information content (AvgIpc) is 2.87. The van der Waals surface area contributed by atoms with E-state index < -0.39 is 0 Å². The zero-order chi connectivity index (χ0) is 18.4. The number of nitrogens with zero attached hydrogens (tertiary/aromatic N) is 3. The summed E-state index contributed by atoms with van der Waals surface area (Å²) in [6.07, 6.45) is 3.81. The molecule has 1 atom stereocenters. The van der Waals surface area contributed by atoms with Crippen LogP contribution in [0.25, 0.3) is 0 Å². The van der Waals surface area contributed by atoms with Gasteiger partial charge in [-0.1, -0.05) is 6.07 Å². The Morgan fingerprint density at radius 3 is 2.64 bits per heavy atom. The van der Waals surface area contributed by atoms with Gasteiger partial charge in [-0.3, -0.25) is 19.3 Å². The number of carbonyl (C=O) groups excluding carboxylic acids is 2. The predicted octanol–water partition coefficient (Wildman–Crippen LogP) is 2.80. The number of aryl methyl sites for hydroxylation is 2. The van der Waals surface area contributed by atoms with Gasteiger partial charge in [-0.15, -0.1) is 0 Å². The van der Waals surface area contributed by atoms with Crippen molar-refractivity contribution in [3.8, 4) is 0 Å². The van der Waals surface area contributed by atoms with E-state index in [-0.39, 0.29) is 17.7 Å². The number of rotatable bonds is 8. The maximum atomic E-state index is 12.1. The molecule has 2 aromatic heterocycles. The van der Waals surface area contributed by atoms with Gasteiger partial charge < -0.3 is 5.32 Å². The van der Waals surface area contributed by atoms with Gasteiger partial charge in [0.05, 0.1) is 17.3 Å². The van der Waals surface area contributed by atoms with E-state index in [2.05, 4.69) is 15.4 Å². The van der Waals surface area contributed by atoms with Crippen LogP contribution in [0.5, 0.6) is 0 Å². The van der Waals surface area contributed by atoms with E-state index in [4.69, 9.17) is 0 Å². The van der Waals surface area contributed by atoms with Gasteiger partial charge in [-0.2, -0.15) is 5.10 Å². The second-order valence-electron chi connectivity index (χ2n) is 6.37. The van der Waals surface area contributed by atoms with Gasteiger partial charge in [0.25, 0.3) is 0 Å². The number of hydrogen-bond acceptors (Lipinski definition) is 4. The maximum Gasteiger partial charge on any atom is 0.222 e. The second kappa shape index (κ2) is 8.55. The molecule has 0 aliphatic rings. The van der Waals surface area contributed by atoms with Crippen molar-refractivity contribution in [2.24, 2.45) is 0 Å². The van der Waals surface area contributed by atoms with Crippen LogP contribution in [0.2, 0.25) is 0 Å². The maximum absolute atomic E-state index is 12.1. The summed E-state index contributed by atoms with van der Waals surface area (Å²) in [5.41, 5.74) is 3.22. The molecule has 6 heteroatoms. The van der Waals surface area contributed by atoms with Crippen molar-refractivity contribution in [2.75, 3.05) is 6.54 Å². The quantitative estimate of drug-likeness (QED) is 0.591. The largest absolute Gasteiger partial charge is 0.356 e. The Kier molecular flexibility index (Phi) is 6.44. The molecule has 2 aromatic rings. The fourth-order valence-electron chi connectivity index (χ4n) is 3.07. The molecule has 0 fully saturated rings. The molecule has 0 bridgehead atoms. The second-order valence-corrected chi connectivity index (χ2v) is 6.37. The molecular formula is C19H26N4O2. The third kappa shape index (κ3) is 4.98. The molecular weight excluding hydrogens is 316 g/mol. The third-order valence-corrected chi connectivity index (χ3v) is 4.23. The summed E-state index contributed by atoms with van der Waals surface area (Å²) in [4.78, 5) is 28.1. The topological polar surface area (TPSA) is 76.9 Å². The van der Waals surface area contributed by atoms with Crippen molar-refractivity contribution in [1.82, 2.24) is 20.1 Å². The van der Waals surface area contributed by atoms with Crippen molar-refractivity contribution in [3.63, 3.8) is 0 Å². The van der Waals surface area contributed by atoms with Crippen molar-refractivity contribution in [3.05, 3.63) is 47.0 Å². The van der Waals surface area contributed by atoms with Crippen molar-refractivity contribution < 1.29 is 9.59 Å². The minimum atomic E-state index is -0.0948. The normalized spacial score (nSPS) is 12.0. The van der Waals surface area contributed by atoms with Gasteiger partial charge in [0.2, 0.25) is 5.91 Å². The lowest BCUT2D eigenvalue weighted by Gasteiger charge is -2.14. The van der Waals surface area contributed by atoms with Gasteiger partial charge in [0.15, 0.2) is 5.78 Å². The number of amides is 1. The molecule has 0 aromatic carbocycles. The Morgan fingerprint density at radius 2 is 2.04 bits per heavy atom. The summed E-state index contributed by atoms with van der Waals surface area (Å²) < 4.78 is 1.78. The smallest absolute Gasteiger partial charge is 0.222 e. The van der Waals surface area contributed by atoms with Gasteiger partial charge in [0.1, 0.15) is 0 Å². The number of hydrogen-bond donors (Lipinski definition) is 1. The molecule has 25 heavy (non-hydrogen) atoms. The van der Waals surface area contributed by atoms with Crippen LogP contribution in [0.15, 0.2) is 24.4 Å². The lowest BCUT2D eigenvalue weighted by molar-refractivity contribution is -0.121. The van der Waals surface area contributed by atoms with E-state index in [9.17, 15) is 9.59 Å². The standard InChI is InChI=1S/C19H26N4O2/c1-13(23-15(3)19(16(4)24)14(2)22-23)12-18(25)21-11-7-9-17-8-5-6-10-20-17/h5-6,8,10,13H,7,9,11-12H2,1-4H3,(H,21,25). The average molecular weight is 342 g/mol. The third-order valence-electron chi connectivity index (χ3n) is 4.23. The summed E-state index contributed by atoms with van der Waals surface area (Å²) in [6, 6.07) is 5.75. The number of aromatic nitrogens is 3. The van der Waals surface area contributed by atoms with E-state index in [1.807, 2.05) is 39.0 Å². The highest BCUT2D eigenvalue weighted by Crippen LogP contribution is 2.19. The van der Waals surface area contributed by atoms with Gasteiger partial charge in [-0.25, -0.2) is 0 Å². The highest BCUT2D eigenvalue weighted by atomic mass is 16.1. The first kappa shape index (κ1) is 18.8. The molecule has 1 unspecified atom stereocenters. The Balaban J connectivity index is 1.82. The van der Waals surface area contributed by atoms with Crippen molar-refractivity contribution >= 4 is 11.7 Å². The Morgan fingerprint density at radius 1 is 1.28 bits per heavy atom. The molecule has 0 radical (unpaired) electrons. The fourth-order valence-corrected chi connectivity index (χ4v) is 3.07. The van der Waals surface area contributed by atoms with Crippen LogP contribution in [0.1, 0.15) is 60.2 Å². The monoisotopic (exact) mass is 342 g/mol. The van der Waals surface area contributed by atoms with Crippen LogP contribution in [-0.4, -0.2) is 33.0 Å². The van der Waals surface area contributed by atoms with Crippen LogP contribution in [0.3, 0.4) is 0 Å². The van der Waals surface area contributed by atoms with E-state index in [1.165, 1.54) is 0 Å². The highest BCUT2D eigenvalue weighted by molar-refractivity contribution is 5.96. The van der Waals surface area contributed by atoms with E-state index in [1.54, 1.807) is 17.8 Å². The summed E-state index contributed by atoms with van der Waals surface area (Å²) in [5, 5.41) is 7.37. The molecule has 134 valence electrons. The van der Waals surface area contributed by atoms with Gasteiger partial charge in [-0.05, 0) is 52.7 Å². The SMILES string of the molecule is CC(=O)c1c(C)nn(C(C)CC(=O)NCCCc2ccccn2)c1C. The number of ketones is 1. The highest BCUT2D eigenvalue weighted by Gasteiger charge is 2.20. The number of Topliss-reactive ketones (excluding diaryl/α,β-unsaturated/α-hetero) is 1. The van der Waals surface area contributed by atoms with Crippen LogP contribution < -0.4 is 5.32 Å². The zero-order valence-electron chi connectivity index (χ0n) is 15.4. The zero-order valence-corrected chi connectivity index (χ0v) is 15.4. The number of nitrogens with one attached hydrogen (secondary N) is 1. The summed E-state index contributed by atoms with van der Waals surface area (Å²) in [7, 11) is 0. The van der Waals surface area contributed by atoms with Crippen LogP contribution >= 0.6 is 0 Å². The van der Waals surface area contributed by atoms with Gasteiger partial charge in [0, 0.05) is 30.6 Å². The molecule has 1 amide bonds. The first-order valence-corrected chi connectivity index (χ1v) is 8.63. The van der Waals surface area contributed by atoms with Crippen LogP contribution in [-0.2, 0) is 11.2 Å². The molecule has 0 saturated heterocycles. The minimum Gasteiger partial charge on any atom is -0.356 e. The number of carbonyl (C=O) groups is 2. The predicted molar refractivity (Wildman–Crippen MR) is 96.6 cm³/mol. The molecule has 0 saturated carbocycles. The van der Waals surface area contributed by atoms with Crippen molar-refractivity contribution in [2.45, 2.75) is 53.0 Å². The van der Waals surface area contributed by atoms with E-state index in [0.29, 0.717) is 24.2 Å². The molecule has 1 N–H and O–H groups in total. The lowest BCUT2D eigenvalue weighted by atomic mass is 10.1. The first-order chi connectivity index (χ1) is 11.9. The molecule has 2 rings (SSSR count). The Bertz CT molecular complexity index is 737. The van der Waals surface area contributed by atoms with E-state index >= 15 is 0 Å². The van der Waals surface area contributed by atoms with Gasteiger partial charge >= 0.3 is 0 Å². The first-order valence-electron chi connectivity index (χ1n) is 8.63. The molecule has 0 aliphatic heterocycles. The summed E-state index contributed by atoms with van der Waals surface area (Å²) >= 11 is 0. The fraction of sp³-hybridized carbons (Fsp3) is 0.474. The van der Waals surface area contributed by atoms with Crippen LogP contribution in [0.4, 0.5) is 0 Å². The molecule has 2 heterocycles. The van der Waals surface area contributed by atoms with Crippen molar-refractivity contribution in [1.29, 1.82) is 0 Å². The minimum absolute atomic E-state index is 0.00687. The molecule has 0 spiro atoms. The summed E-state index contributed by atoms with van der Waals surface area (Å²) in [6.45, 7) is 7.80. The number of pyridine rings is 1. The molecule has 0 aliphatic carbocycles. The van der Waals surface area contributed by atoms with E-state index in [0.717, 1.165) is 24.2 Å². The Labute approximate surface area is 148 Å². The Hall–Kier alpha value is -2.50.